The fourth-order valence-corrected chi connectivity index (χ4v) is 3.75. The molecule has 0 spiro atoms. The number of hydrogen-bond acceptors (Lipinski definition) is 3. The maximum atomic E-state index is 10.7. The summed E-state index contributed by atoms with van der Waals surface area (Å²) in [4.78, 5) is 1.03. The van der Waals surface area contributed by atoms with Crippen LogP contribution < -0.4 is 0 Å². The Kier molecular flexibility index (Phi) is 2.00. The number of fused-ring (bicyclic) bond motifs is 1. The Morgan fingerprint density at radius 1 is 1.60 bits per heavy atom. The van der Waals surface area contributed by atoms with Crippen molar-refractivity contribution in [1.29, 1.82) is 0 Å². The summed E-state index contributed by atoms with van der Waals surface area (Å²) in [7, 11) is 0. The molecule has 3 rings (SSSR count). The van der Waals surface area contributed by atoms with Gasteiger partial charge in [-0.05, 0) is 31.2 Å². The molecule has 2 aliphatic rings. The second-order valence-electron chi connectivity index (χ2n) is 4.79. The highest BCUT2D eigenvalue weighted by Gasteiger charge is 2.67. The summed E-state index contributed by atoms with van der Waals surface area (Å²) < 4.78 is 5.81. The molecule has 0 bridgehead atoms. The minimum Gasteiger partial charge on any atom is -0.381 e. The van der Waals surface area contributed by atoms with E-state index in [0.717, 1.165) is 17.7 Å². The van der Waals surface area contributed by atoms with Crippen LogP contribution in [0.2, 0.25) is 0 Å². The lowest BCUT2D eigenvalue weighted by Gasteiger charge is -2.32. The summed E-state index contributed by atoms with van der Waals surface area (Å²) in [6.07, 6.45) is 4.83. The quantitative estimate of drug-likeness (QED) is 0.783. The molecule has 2 fully saturated rings. The third-order valence-corrected chi connectivity index (χ3v) is 4.99. The molecular weight excluding hydrogens is 208 g/mol. The third kappa shape index (κ3) is 1.23. The molecule has 1 saturated heterocycles. The van der Waals surface area contributed by atoms with E-state index in [4.69, 9.17) is 4.74 Å². The molecule has 2 heterocycles. The lowest BCUT2D eigenvalue weighted by atomic mass is 9.76. The van der Waals surface area contributed by atoms with Gasteiger partial charge in [-0.15, -0.1) is 11.3 Å². The van der Waals surface area contributed by atoms with Crippen LogP contribution in [0.25, 0.3) is 0 Å². The van der Waals surface area contributed by atoms with Gasteiger partial charge in [0.1, 0.15) is 11.2 Å². The number of ether oxygens (including phenoxy) is 1. The van der Waals surface area contributed by atoms with Gasteiger partial charge in [-0.25, -0.2) is 0 Å². The topological polar surface area (TPSA) is 32.8 Å². The third-order valence-electron chi connectivity index (χ3n) is 3.90. The molecule has 1 saturated carbocycles. The molecule has 1 unspecified atom stereocenters. The number of hydrogen-bond donors (Lipinski definition) is 1. The van der Waals surface area contributed by atoms with Gasteiger partial charge in [0.2, 0.25) is 0 Å². The highest BCUT2D eigenvalue weighted by Crippen LogP contribution is 2.58. The van der Waals surface area contributed by atoms with E-state index < -0.39 is 5.60 Å². The molecule has 1 aliphatic heterocycles. The van der Waals surface area contributed by atoms with Crippen molar-refractivity contribution in [3.63, 3.8) is 0 Å². The summed E-state index contributed by atoms with van der Waals surface area (Å²) in [6.45, 7) is 1.91. The Hall–Kier alpha value is -0.380. The van der Waals surface area contributed by atoms with E-state index in [9.17, 15) is 5.11 Å². The molecule has 1 aliphatic carbocycles. The number of rotatable bonds is 2. The Labute approximate surface area is 93.9 Å². The van der Waals surface area contributed by atoms with Crippen molar-refractivity contribution in [3.05, 3.63) is 22.4 Å². The predicted octanol–water partition coefficient (Wildman–Crippen LogP) is 2.67. The summed E-state index contributed by atoms with van der Waals surface area (Å²) in [5.74, 6) is 0. The summed E-state index contributed by atoms with van der Waals surface area (Å²) in [5.41, 5.74) is -1.07. The van der Waals surface area contributed by atoms with Gasteiger partial charge in [0.15, 0.2) is 0 Å². The van der Waals surface area contributed by atoms with Gasteiger partial charge in [-0.1, -0.05) is 18.9 Å². The van der Waals surface area contributed by atoms with E-state index in [1.54, 1.807) is 11.3 Å². The van der Waals surface area contributed by atoms with Crippen LogP contribution in [0, 0.1) is 0 Å². The molecule has 1 aromatic heterocycles. The molecule has 0 aromatic carbocycles. The lowest BCUT2D eigenvalue weighted by molar-refractivity contribution is -0.0303. The van der Waals surface area contributed by atoms with Crippen molar-refractivity contribution in [2.45, 2.75) is 49.9 Å². The molecule has 3 heteroatoms. The Bertz CT molecular complexity index is 358. The number of epoxide rings is 1. The first-order valence-electron chi connectivity index (χ1n) is 5.61. The highest BCUT2D eigenvalue weighted by molar-refractivity contribution is 7.10. The molecule has 2 nitrogen and oxygen atoms in total. The fraction of sp³-hybridized carbons (Fsp3) is 0.667. The van der Waals surface area contributed by atoms with E-state index in [2.05, 4.69) is 0 Å². The zero-order chi connectivity index (χ0) is 10.5. The fourth-order valence-electron chi connectivity index (χ4n) is 2.88. The second-order valence-corrected chi connectivity index (χ2v) is 5.74. The molecule has 15 heavy (non-hydrogen) atoms. The van der Waals surface area contributed by atoms with Gasteiger partial charge in [0, 0.05) is 4.88 Å². The highest BCUT2D eigenvalue weighted by atomic mass is 32.1. The number of aliphatic hydroxyl groups is 1. The normalized spacial score (nSPS) is 38.1. The first kappa shape index (κ1) is 9.82. The predicted molar refractivity (Wildman–Crippen MR) is 60.0 cm³/mol. The van der Waals surface area contributed by atoms with Crippen LogP contribution >= 0.6 is 11.3 Å². The van der Waals surface area contributed by atoms with Crippen LogP contribution in [-0.4, -0.2) is 16.8 Å². The molecule has 3 atom stereocenters. The van der Waals surface area contributed by atoms with Crippen molar-refractivity contribution >= 4 is 11.3 Å². The Balaban J connectivity index is 1.93. The van der Waals surface area contributed by atoms with Crippen molar-refractivity contribution in [2.75, 3.05) is 0 Å². The molecular formula is C12H16O2S. The molecule has 0 radical (unpaired) electrons. The van der Waals surface area contributed by atoms with Crippen molar-refractivity contribution in [2.24, 2.45) is 0 Å². The monoisotopic (exact) mass is 224 g/mol. The van der Waals surface area contributed by atoms with Crippen LogP contribution in [0.4, 0.5) is 0 Å². The van der Waals surface area contributed by atoms with E-state index >= 15 is 0 Å². The van der Waals surface area contributed by atoms with Crippen LogP contribution in [0.3, 0.4) is 0 Å². The maximum Gasteiger partial charge on any atom is 0.128 e. The van der Waals surface area contributed by atoms with Crippen LogP contribution in [-0.2, 0) is 10.3 Å². The standard InChI is InChI=1S/C12H16O2S/c1-11(13,10-6-4-8-15-10)12-7-3-2-5-9(12)14-12/h4,6,8-9,13H,2-3,5,7H2,1H3/t9-,11?,12+/m0/s1. The second kappa shape index (κ2) is 3.06. The SMILES string of the molecule is CC(O)(c1cccs1)[C@@]12CCCC[C@@H]1O2. The van der Waals surface area contributed by atoms with Gasteiger partial charge in [0.25, 0.3) is 0 Å². The molecule has 1 aromatic rings. The zero-order valence-electron chi connectivity index (χ0n) is 8.90. The Morgan fingerprint density at radius 2 is 2.47 bits per heavy atom. The van der Waals surface area contributed by atoms with Gasteiger partial charge in [-0.2, -0.15) is 0 Å². The average Bonchev–Trinajstić information content (AvgIpc) is 2.73. The number of thiophene rings is 1. The van der Waals surface area contributed by atoms with Crippen LogP contribution in [0.15, 0.2) is 17.5 Å². The smallest absolute Gasteiger partial charge is 0.128 e. The first-order chi connectivity index (χ1) is 7.17. The average molecular weight is 224 g/mol. The van der Waals surface area contributed by atoms with Gasteiger partial charge >= 0.3 is 0 Å². The molecule has 82 valence electrons. The van der Waals surface area contributed by atoms with Gasteiger partial charge < -0.3 is 9.84 Å². The minimum atomic E-state index is -0.799. The van der Waals surface area contributed by atoms with Crippen molar-refractivity contribution < 1.29 is 9.84 Å². The zero-order valence-corrected chi connectivity index (χ0v) is 9.72. The largest absolute Gasteiger partial charge is 0.381 e. The Morgan fingerprint density at radius 3 is 3.13 bits per heavy atom. The van der Waals surface area contributed by atoms with Crippen molar-refractivity contribution in [1.82, 2.24) is 0 Å². The molecule has 1 N–H and O–H groups in total. The molecule has 0 amide bonds. The summed E-state index contributed by atoms with van der Waals surface area (Å²) in [6, 6.07) is 4.00. The van der Waals surface area contributed by atoms with E-state index in [1.807, 2.05) is 24.4 Å². The van der Waals surface area contributed by atoms with Gasteiger partial charge in [0.05, 0.1) is 6.10 Å². The van der Waals surface area contributed by atoms with Crippen molar-refractivity contribution in [3.8, 4) is 0 Å². The summed E-state index contributed by atoms with van der Waals surface area (Å²) in [5, 5.41) is 12.7. The first-order valence-corrected chi connectivity index (χ1v) is 6.49. The minimum absolute atomic E-state index is 0.268. The summed E-state index contributed by atoms with van der Waals surface area (Å²) >= 11 is 1.62. The van der Waals surface area contributed by atoms with E-state index in [0.29, 0.717) is 6.10 Å². The van der Waals surface area contributed by atoms with E-state index in [-0.39, 0.29) is 5.60 Å². The van der Waals surface area contributed by atoms with Crippen LogP contribution in [0.5, 0.6) is 0 Å². The lowest BCUT2D eigenvalue weighted by Crippen LogP contribution is -2.42. The maximum absolute atomic E-state index is 10.7. The van der Waals surface area contributed by atoms with Gasteiger partial charge in [-0.3, -0.25) is 0 Å². The van der Waals surface area contributed by atoms with Crippen LogP contribution in [0.1, 0.15) is 37.5 Å². The van der Waals surface area contributed by atoms with E-state index in [1.165, 1.54) is 12.8 Å².